The third kappa shape index (κ3) is 10.8. The molecule has 0 saturated heterocycles. The SMILES string of the molecule is COC(=O)C(CCCCNC(=O)OC(C)(C)C)NC(=O)C(=O)Nc1cc(C(F)(F)F)c(Oc2ccc3[nH]cc(C(C)C)c3c2)c(C(F)(F)F)c1. The van der Waals surface area contributed by atoms with Gasteiger partial charge in [0.05, 0.1) is 7.11 Å². The van der Waals surface area contributed by atoms with Crippen LogP contribution in [-0.2, 0) is 36.2 Å². The number of aromatic nitrogens is 1. The van der Waals surface area contributed by atoms with Crippen LogP contribution in [0, 0.1) is 0 Å². The lowest BCUT2D eigenvalue weighted by Gasteiger charge is -2.21. The third-order valence-corrected chi connectivity index (χ3v) is 7.07. The van der Waals surface area contributed by atoms with Crippen molar-refractivity contribution >= 4 is 40.5 Å². The van der Waals surface area contributed by atoms with E-state index in [-0.39, 0.29) is 43.2 Å². The molecule has 0 aliphatic carbocycles. The van der Waals surface area contributed by atoms with Crippen molar-refractivity contribution in [3.63, 3.8) is 0 Å². The molecule has 0 saturated carbocycles. The minimum atomic E-state index is -5.39. The Balaban J connectivity index is 1.81. The van der Waals surface area contributed by atoms with Crippen LogP contribution in [-0.4, -0.2) is 54.2 Å². The van der Waals surface area contributed by atoms with Crippen LogP contribution in [0.1, 0.15) is 76.5 Å². The first-order valence-electron chi connectivity index (χ1n) is 15.4. The second-order valence-corrected chi connectivity index (χ2v) is 12.5. The van der Waals surface area contributed by atoms with Gasteiger partial charge >= 0.3 is 36.2 Å². The van der Waals surface area contributed by atoms with Crippen LogP contribution in [0.5, 0.6) is 11.5 Å². The largest absolute Gasteiger partial charge is 0.467 e. The van der Waals surface area contributed by atoms with Gasteiger partial charge in [0.1, 0.15) is 28.5 Å². The molecule has 1 heterocycles. The lowest BCUT2D eigenvalue weighted by molar-refractivity contribution is -0.147. The second kappa shape index (κ2) is 15.7. The minimum Gasteiger partial charge on any atom is -0.467 e. The second-order valence-electron chi connectivity index (χ2n) is 12.5. The van der Waals surface area contributed by atoms with Crippen LogP contribution in [0.2, 0.25) is 0 Å². The first-order chi connectivity index (χ1) is 23.1. The number of H-pyrrole nitrogens is 1. The fourth-order valence-electron chi connectivity index (χ4n) is 4.79. The average Bonchev–Trinajstić information content (AvgIpc) is 3.42. The summed E-state index contributed by atoms with van der Waals surface area (Å²) >= 11 is 0. The van der Waals surface area contributed by atoms with Crippen molar-refractivity contribution in [1.82, 2.24) is 15.6 Å². The van der Waals surface area contributed by atoms with Crippen LogP contribution in [0.4, 0.5) is 36.8 Å². The molecule has 50 heavy (non-hydrogen) atoms. The number of benzene rings is 2. The summed E-state index contributed by atoms with van der Waals surface area (Å²) in [6.45, 7) is 8.88. The topological polar surface area (TPSA) is 148 Å². The maximum Gasteiger partial charge on any atom is 0.420 e. The van der Waals surface area contributed by atoms with Gasteiger partial charge in [-0.1, -0.05) is 13.8 Å². The molecule has 1 aromatic heterocycles. The molecule has 1 unspecified atom stereocenters. The van der Waals surface area contributed by atoms with Crippen LogP contribution in [0.3, 0.4) is 0 Å². The maximum atomic E-state index is 14.2. The number of halogens is 6. The van der Waals surface area contributed by atoms with Gasteiger partial charge in [-0.25, -0.2) is 9.59 Å². The molecule has 1 atom stereocenters. The number of amides is 3. The Kier molecular flexibility index (Phi) is 12.4. The number of anilines is 1. The van der Waals surface area contributed by atoms with E-state index in [1.807, 2.05) is 13.8 Å². The zero-order valence-electron chi connectivity index (χ0n) is 28.1. The molecular formula is C33H38F6N4O7. The lowest BCUT2D eigenvalue weighted by Crippen LogP contribution is -2.46. The molecule has 0 bridgehead atoms. The number of rotatable bonds is 11. The summed E-state index contributed by atoms with van der Waals surface area (Å²) in [5.74, 6) is -6.03. The highest BCUT2D eigenvalue weighted by molar-refractivity contribution is 6.40. The predicted molar refractivity (Wildman–Crippen MR) is 170 cm³/mol. The highest BCUT2D eigenvalue weighted by Gasteiger charge is 2.43. The number of unbranched alkanes of at least 4 members (excludes halogenated alkanes) is 1. The number of methoxy groups -OCH3 is 1. The molecule has 274 valence electrons. The van der Waals surface area contributed by atoms with Crippen LogP contribution >= 0.6 is 0 Å². The molecule has 3 rings (SSSR count). The molecule has 17 heteroatoms. The van der Waals surface area contributed by atoms with E-state index in [2.05, 4.69) is 20.4 Å². The number of carbonyl (C=O) groups is 4. The summed E-state index contributed by atoms with van der Waals surface area (Å²) in [6, 6.07) is 2.99. The van der Waals surface area contributed by atoms with E-state index in [0.717, 1.165) is 12.7 Å². The molecule has 0 aliphatic heterocycles. The molecule has 3 aromatic rings. The average molecular weight is 717 g/mol. The van der Waals surface area contributed by atoms with Gasteiger partial charge in [0.2, 0.25) is 0 Å². The highest BCUT2D eigenvalue weighted by Crippen LogP contribution is 2.47. The molecular weight excluding hydrogens is 678 g/mol. The molecule has 0 aliphatic rings. The Morgan fingerprint density at radius 1 is 0.880 bits per heavy atom. The normalized spacial score (nSPS) is 12.7. The van der Waals surface area contributed by atoms with Gasteiger partial charge in [0, 0.05) is 29.3 Å². The molecule has 3 amide bonds. The number of alkyl carbamates (subject to hydrolysis) is 1. The van der Waals surface area contributed by atoms with Gasteiger partial charge in [-0.05, 0) is 81.8 Å². The van der Waals surface area contributed by atoms with Crippen LogP contribution in [0.25, 0.3) is 10.9 Å². The zero-order valence-corrected chi connectivity index (χ0v) is 28.1. The number of nitrogens with one attached hydrogen (secondary N) is 4. The van der Waals surface area contributed by atoms with E-state index in [9.17, 15) is 45.5 Å². The fourth-order valence-corrected chi connectivity index (χ4v) is 4.79. The summed E-state index contributed by atoms with van der Waals surface area (Å²) in [7, 11) is 1.01. The third-order valence-electron chi connectivity index (χ3n) is 7.07. The number of fused-ring (bicyclic) bond motifs is 1. The summed E-state index contributed by atoms with van der Waals surface area (Å²) in [5.41, 5.74) is -4.11. The van der Waals surface area contributed by atoms with E-state index in [1.54, 1.807) is 32.3 Å². The molecule has 0 spiro atoms. The Morgan fingerprint density at radius 3 is 2.04 bits per heavy atom. The van der Waals surface area contributed by atoms with Gasteiger partial charge < -0.3 is 35.1 Å². The van der Waals surface area contributed by atoms with Gasteiger partial charge in [0.25, 0.3) is 0 Å². The van der Waals surface area contributed by atoms with E-state index in [4.69, 9.17) is 9.47 Å². The number of ether oxygens (including phenoxy) is 3. The number of aromatic amines is 1. The first-order valence-corrected chi connectivity index (χ1v) is 15.4. The van der Waals surface area contributed by atoms with Crippen molar-refractivity contribution in [3.05, 3.63) is 53.2 Å². The standard InChI is InChI=1S/C33H38F6N4O7/c1-17(2)21-16-41-24-11-10-19(15-20(21)24)49-26-22(32(34,35)36)13-18(14-23(26)33(37,38)39)42-27(44)28(45)43-25(29(46)48-6)9-7-8-12-40-30(47)50-31(3,4)5/h10-11,13-17,25,41H,7-9,12H2,1-6H3,(H,40,47)(H,42,44)(H,43,45). The zero-order chi connectivity index (χ0) is 37.6. The van der Waals surface area contributed by atoms with Crippen molar-refractivity contribution < 1.29 is 59.7 Å². The van der Waals surface area contributed by atoms with Gasteiger partial charge in [-0.3, -0.25) is 9.59 Å². The van der Waals surface area contributed by atoms with Crippen LogP contribution in [0.15, 0.2) is 36.5 Å². The molecule has 2 aromatic carbocycles. The monoisotopic (exact) mass is 716 g/mol. The van der Waals surface area contributed by atoms with Gasteiger partial charge in [0.15, 0.2) is 5.75 Å². The number of esters is 1. The quantitative estimate of drug-likeness (QED) is 0.0699. The minimum absolute atomic E-state index is 0.0217. The summed E-state index contributed by atoms with van der Waals surface area (Å²) < 4.78 is 100. The highest BCUT2D eigenvalue weighted by atomic mass is 19.4. The van der Waals surface area contributed by atoms with E-state index < -0.39 is 70.4 Å². The lowest BCUT2D eigenvalue weighted by atomic mass is 10.0. The maximum absolute atomic E-state index is 14.2. The van der Waals surface area contributed by atoms with Gasteiger partial charge in [-0.15, -0.1) is 0 Å². The molecule has 0 radical (unpaired) electrons. The summed E-state index contributed by atoms with van der Waals surface area (Å²) in [6.07, 6.45) is -9.35. The first kappa shape index (κ1) is 39.5. The van der Waals surface area contributed by atoms with E-state index >= 15 is 0 Å². The van der Waals surface area contributed by atoms with E-state index in [1.165, 1.54) is 18.2 Å². The Hall–Kier alpha value is -4.96. The van der Waals surface area contributed by atoms with E-state index in [0.29, 0.717) is 17.3 Å². The fraction of sp³-hybridized carbons (Fsp3) is 0.455. The number of carbonyl (C=O) groups excluding carboxylic acids is 4. The Morgan fingerprint density at radius 2 is 1.50 bits per heavy atom. The number of hydrogen-bond acceptors (Lipinski definition) is 7. The van der Waals surface area contributed by atoms with Crippen molar-refractivity contribution in [2.75, 3.05) is 19.0 Å². The van der Waals surface area contributed by atoms with Crippen molar-refractivity contribution in [3.8, 4) is 11.5 Å². The molecule has 11 nitrogen and oxygen atoms in total. The number of alkyl halides is 6. The summed E-state index contributed by atoms with van der Waals surface area (Å²) in [5, 5.41) is 6.85. The molecule has 0 fully saturated rings. The van der Waals surface area contributed by atoms with Crippen molar-refractivity contribution in [2.24, 2.45) is 0 Å². The number of hydrogen-bond donors (Lipinski definition) is 4. The summed E-state index contributed by atoms with van der Waals surface area (Å²) in [4.78, 5) is 52.3. The molecule has 4 N–H and O–H groups in total. The predicted octanol–water partition coefficient (Wildman–Crippen LogP) is 7.41. The van der Waals surface area contributed by atoms with Gasteiger partial charge in [-0.2, -0.15) is 26.3 Å². The van der Waals surface area contributed by atoms with Crippen molar-refractivity contribution in [2.45, 2.75) is 83.8 Å². The van der Waals surface area contributed by atoms with Crippen LogP contribution < -0.4 is 20.7 Å². The van der Waals surface area contributed by atoms with Crippen molar-refractivity contribution in [1.29, 1.82) is 0 Å². The Labute approximate surface area is 283 Å². The smallest absolute Gasteiger partial charge is 0.420 e. The Bertz CT molecular complexity index is 1680.